The molecule has 1 rings (SSSR count). The Morgan fingerprint density at radius 2 is 2.30 bits per heavy atom. The number of nitrogens with one attached hydrogen (secondary N) is 1. The molecule has 0 aromatic carbocycles. The van der Waals surface area contributed by atoms with Gasteiger partial charge < -0.3 is 10.5 Å². The van der Waals surface area contributed by atoms with Crippen molar-refractivity contribution in [1.82, 2.24) is 5.32 Å². The number of hydrogen-bond acceptors (Lipinski definition) is 3. The highest BCUT2D eigenvalue weighted by Crippen LogP contribution is 2.10. The number of piperidine rings is 1. The van der Waals surface area contributed by atoms with E-state index in [0.717, 1.165) is 18.7 Å². The molecule has 0 aliphatic carbocycles. The van der Waals surface area contributed by atoms with Crippen LogP contribution in [0.15, 0.2) is 5.16 Å². The third kappa shape index (κ3) is 1.48. The highest BCUT2D eigenvalue weighted by molar-refractivity contribution is 5.87. The monoisotopic (exact) mass is 142 g/mol. The molecule has 0 radical (unpaired) electrons. The van der Waals surface area contributed by atoms with Crippen molar-refractivity contribution < 1.29 is 5.21 Å². The summed E-state index contributed by atoms with van der Waals surface area (Å²) in [7, 11) is 0. The Morgan fingerprint density at radius 1 is 1.60 bits per heavy atom. The molecule has 2 atom stereocenters. The molecule has 0 spiro atoms. The van der Waals surface area contributed by atoms with E-state index >= 15 is 0 Å². The average Bonchev–Trinajstić information content (AvgIpc) is 1.94. The van der Waals surface area contributed by atoms with Gasteiger partial charge >= 0.3 is 0 Å². The third-order valence-corrected chi connectivity index (χ3v) is 1.99. The number of rotatable bonds is 0. The maximum Gasteiger partial charge on any atom is 0.0626 e. The van der Waals surface area contributed by atoms with Gasteiger partial charge in [-0.3, -0.25) is 0 Å². The molecule has 1 fully saturated rings. The molecule has 0 bridgehead atoms. The van der Waals surface area contributed by atoms with Gasteiger partial charge in [-0.1, -0.05) is 12.1 Å². The van der Waals surface area contributed by atoms with Crippen LogP contribution in [0.5, 0.6) is 0 Å². The molecule has 0 aromatic rings. The van der Waals surface area contributed by atoms with Crippen molar-refractivity contribution in [1.29, 1.82) is 0 Å². The summed E-state index contributed by atoms with van der Waals surface area (Å²) in [6, 6.07) is 0.460. The van der Waals surface area contributed by atoms with Gasteiger partial charge in [0.15, 0.2) is 0 Å². The molecule has 10 heavy (non-hydrogen) atoms. The molecular formula is C7H14N2O. The molecule has 2 N–H and O–H groups in total. The zero-order chi connectivity index (χ0) is 7.56. The van der Waals surface area contributed by atoms with Gasteiger partial charge in [-0.2, -0.15) is 0 Å². The zero-order valence-electron chi connectivity index (χ0n) is 6.46. The summed E-state index contributed by atoms with van der Waals surface area (Å²) in [4.78, 5) is 0. The van der Waals surface area contributed by atoms with Crippen LogP contribution >= 0.6 is 0 Å². The lowest BCUT2D eigenvalue weighted by molar-refractivity contribution is 0.308. The van der Waals surface area contributed by atoms with Crippen LogP contribution in [-0.2, 0) is 0 Å². The summed E-state index contributed by atoms with van der Waals surface area (Å²) >= 11 is 0. The third-order valence-electron chi connectivity index (χ3n) is 1.99. The van der Waals surface area contributed by atoms with Gasteiger partial charge in [0.2, 0.25) is 0 Å². The molecule has 3 nitrogen and oxygen atoms in total. The maximum absolute atomic E-state index is 8.54. The van der Waals surface area contributed by atoms with Gasteiger partial charge in [-0.15, -0.1) is 0 Å². The first-order valence-electron chi connectivity index (χ1n) is 3.68. The van der Waals surface area contributed by atoms with Crippen molar-refractivity contribution >= 4 is 5.71 Å². The van der Waals surface area contributed by atoms with Crippen molar-refractivity contribution in [2.24, 2.45) is 11.1 Å². The van der Waals surface area contributed by atoms with Crippen LogP contribution in [0.4, 0.5) is 0 Å². The van der Waals surface area contributed by atoms with Gasteiger partial charge in [0.25, 0.3) is 0 Å². The van der Waals surface area contributed by atoms with Crippen LogP contribution in [0.1, 0.15) is 20.3 Å². The number of oxime groups is 1. The predicted molar refractivity (Wildman–Crippen MR) is 40.5 cm³/mol. The Bertz CT molecular complexity index is 145. The molecule has 0 saturated carbocycles. The molecule has 1 aliphatic heterocycles. The van der Waals surface area contributed by atoms with Crippen LogP contribution in [0.3, 0.4) is 0 Å². The molecule has 0 aromatic heterocycles. The SMILES string of the molecule is C[C@@H]1CN[C@@H](C)C/C1=N\O. The van der Waals surface area contributed by atoms with E-state index < -0.39 is 0 Å². The van der Waals surface area contributed by atoms with Crippen molar-refractivity contribution in [3.05, 3.63) is 0 Å². The van der Waals surface area contributed by atoms with E-state index in [1.54, 1.807) is 0 Å². The molecule has 0 unspecified atom stereocenters. The fourth-order valence-corrected chi connectivity index (χ4v) is 1.22. The largest absolute Gasteiger partial charge is 0.411 e. The topological polar surface area (TPSA) is 44.6 Å². The Kier molecular flexibility index (Phi) is 2.27. The summed E-state index contributed by atoms with van der Waals surface area (Å²) in [5.41, 5.74) is 0.922. The standard InChI is InChI=1S/C7H14N2O/c1-5-4-8-6(2)3-7(5)9-10/h5-6,8,10H,3-4H2,1-2H3/b9-7+/t5-,6+/m1/s1. The second kappa shape index (κ2) is 3.01. The van der Waals surface area contributed by atoms with Crippen LogP contribution < -0.4 is 5.32 Å². The second-order valence-corrected chi connectivity index (χ2v) is 3.01. The Balaban J connectivity index is 2.54. The fraction of sp³-hybridized carbons (Fsp3) is 0.857. The van der Waals surface area contributed by atoms with Crippen molar-refractivity contribution in [2.45, 2.75) is 26.3 Å². The van der Waals surface area contributed by atoms with E-state index in [-0.39, 0.29) is 0 Å². The summed E-state index contributed by atoms with van der Waals surface area (Å²) in [6.45, 7) is 5.09. The highest BCUT2D eigenvalue weighted by atomic mass is 16.4. The van der Waals surface area contributed by atoms with Crippen molar-refractivity contribution in [2.75, 3.05) is 6.54 Å². The van der Waals surface area contributed by atoms with E-state index in [1.807, 2.05) is 0 Å². The number of nitrogens with zero attached hydrogens (tertiary/aromatic N) is 1. The fourth-order valence-electron chi connectivity index (χ4n) is 1.22. The molecule has 1 saturated heterocycles. The minimum absolute atomic E-state index is 0.390. The summed E-state index contributed by atoms with van der Waals surface area (Å²) in [6.07, 6.45) is 0.873. The molecule has 0 amide bonds. The van der Waals surface area contributed by atoms with Crippen molar-refractivity contribution in [3.63, 3.8) is 0 Å². The van der Waals surface area contributed by atoms with Gasteiger partial charge in [0, 0.05) is 24.9 Å². The van der Waals surface area contributed by atoms with Gasteiger partial charge in [0.1, 0.15) is 0 Å². The van der Waals surface area contributed by atoms with Crippen LogP contribution in [0.2, 0.25) is 0 Å². The van der Waals surface area contributed by atoms with Gasteiger partial charge in [0.05, 0.1) is 5.71 Å². The molecular weight excluding hydrogens is 128 g/mol. The summed E-state index contributed by atoms with van der Waals surface area (Å²) in [5.74, 6) is 0.390. The highest BCUT2D eigenvalue weighted by Gasteiger charge is 2.20. The van der Waals surface area contributed by atoms with Gasteiger partial charge in [-0.05, 0) is 6.92 Å². The average molecular weight is 142 g/mol. The van der Waals surface area contributed by atoms with E-state index in [0.29, 0.717) is 12.0 Å². The lowest BCUT2D eigenvalue weighted by Crippen LogP contribution is -2.41. The van der Waals surface area contributed by atoms with E-state index in [9.17, 15) is 0 Å². The smallest absolute Gasteiger partial charge is 0.0626 e. The Morgan fingerprint density at radius 3 is 2.80 bits per heavy atom. The lowest BCUT2D eigenvalue weighted by atomic mass is 9.95. The molecule has 3 heteroatoms. The Labute approximate surface area is 61.1 Å². The molecule has 1 aliphatic rings. The second-order valence-electron chi connectivity index (χ2n) is 3.01. The predicted octanol–water partition coefficient (Wildman–Crippen LogP) is 0.834. The first kappa shape index (κ1) is 7.54. The first-order chi connectivity index (χ1) is 4.74. The zero-order valence-corrected chi connectivity index (χ0v) is 6.46. The quantitative estimate of drug-likeness (QED) is 0.389. The van der Waals surface area contributed by atoms with Crippen LogP contribution in [-0.4, -0.2) is 23.5 Å². The van der Waals surface area contributed by atoms with Crippen LogP contribution in [0, 0.1) is 5.92 Å². The minimum Gasteiger partial charge on any atom is -0.411 e. The maximum atomic E-state index is 8.54. The van der Waals surface area contributed by atoms with E-state index in [2.05, 4.69) is 24.3 Å². The van der Waals surface area contributed by atoms with Crippen LogP contribution in [0.25, 0.3) is 0 Å². The molecule has 58 valence electrons. The summed E-state index contributed by atoms with van der Waals surface area (Å²) < 4.78 is 0. The minimum atomic E-state index is 0.390. The number of hydrogen-bond donors (Lipinski definition) is 2. The van der Waals surface area contributed by atoms with E-state index in [4.69, 9.17) is 5.21 Å². The van der Waals surface area contributed by atoms with E-state index in [1.165, 1.54) is 0 Å². The molecule has 1 heterocycles. The lowest BCUT2D eigenvalue weighted by Gasteiger charge is -2.25. The van der Waals surface area contributed by atoms with Crippen molar-refractivity contribution in [3.8, 4) is 0 Å². The van der Waals surface area contributed by atoms with Gasteiger partial charge in [-0.25, -0.2) is 0 Å². The first-order valence-corrected chi connectivity index (χ1v) is 3.68. The summed E-state index contributed by atoms with van der Waals surface area (Å²) in [5, 5.41) is 15.1. The Hall–Kier alpha value is -0.570. The normalized spacial score (nSPS) is 38.4.